The second-order valence-electron chi connectivity index (χ2n) is 6.19. The molecular weight excluding hydrogens is 424 g/mol. The van der Waals surface area contributed by atoms with Crippen LogP contribution in [0.5, 0.6) is 11.5 Å². The quantitative estimate of drug-likeness (QED) is 0.375. The molecule has 3 aromatic rings. The molecule has 0 aliphatic rings. The Morgan fingerprint density at radius 2 is 1.93 bits per heavy atom. The maximum atomic E-state index is 12.2. The maximum absolute atomic E-state index is 12.2. The van der Waals surface area contributed by atoms with Gasteiger partial charge in [0.2, 0.25) is 5.91 Å². The highest BCUT2D eigenvalue weighted by atomic mass is 35.5. The highest BCUT2D eigenvalue weighted by Crippen LogP contribution is 2.30. The molecular formula is C21H23ClN4O3S. The number of aromatic nitrogens is 3. The first kappa shape index (κ1) is 22.0. The lowest BCUT2D eigenvalue weighted by atomic mass is 10.2. The molecule has 0 fully saturated rings. The molecule has 0 bridgehead atoms. The molecule has 9 heteroatoms. The summed E-state index contributed by atoms with van der Waals surface area (Å²) in [7, 11) is 1.63. The summed E-state index contributed by atoms with van der Waals surface area (Å²) >= 11 is 7.19. The molecule has 1 amide bonds. The van der Waals surface area contributed by atoms with E-state index >= 15 is 0 Å². The van der Waals surface area contributed by atoms with Crippen LogP contribution >= 0.6 is 23.4 Å². The second kappa shape index (κ2) is 10.9. The molecule has 3 rings (SSSR count). The van der Waals surface area contributed by atoms with Crippen LogP contribution in [0.1, 0.15) is 6.92 Å². The number of thioether (sulfide) groups is 1. The van der Waals surface area contributed by atoms with E-state index in [1.165, 1.54) is 11.8 Å². The van der Waals surface area contributed by atoms with Crippen molar-refractivity contribution in [1.82, 2.24) is 20.1 Å². The molecule has 1 aromatic heterocycles. The number of hydrogen-bond acceptors (Lipinski definition) is 6. The molecule has 0 saturated carbocycles. The Bertz CT molecular complexity index is 979. The minimum atomic E-state index is -0.0933. The van der Waals surface area contributed by atoms with Crippen LogP contribution in [0.2, 0.25) is 5.02 Å². The average Bonchev–Trinajstić information content (AvgIpc) is 3.19. The third kappa shape index (κ3) is 5.67. The zero-order valence-electron chi connectivity index (χ0n) is 16.8. The van der Waals surface area contributed by atoms with Gasteiger partial charge in [-0.15, -0.1) is 10.2 Å². The Morgan fingerprint density at radius 1 is 1.17 bits per heavy atom. The summed E-state index contributed by atoms with van der Waals surface area (Å²) in [6, 6.07) is 14.8. The molecule has 1 heterocycles. The normalized spacial score (nSPS) is 10.6. The van der Waals surface area contributed by atoms with Gasteiger partial charge in [-0.25, -0.2) is 0 Å². The Morgan fingerprint density at radius 3 is 2.67 bits per heavy atom. The topological polar surface area (TPSA) is 78.3 Å². The first-order valence-electron chi connectivity index (χ1n) is 9.46. The van der Waals surface area contributed by atoms with Gasteiger partial charge in [0.25, 0.3) is 0 Å². The van der Waals surface area contributed by atoms with E-state index in [2.05, 4.69) is 15.5 Å². The zero-order valence-corrected chi connectivity index (χ0v) is 18.4. The van der Waals surface area contributed by atoms with Gasteiger partial charge in [-0.3, -0.25) is 4.79 Å². The third-order valence-corrected chi connectivity index (χ3v) is 5.44. The summed E-state index contributed by atoms with van der Waals surface area (Å²) < 4.78 is 13.0. The van der Waals surface area contributed by atoms with Gasteiger partial charge in [-0.05, 0) is 43.3 Å². The molecule has 0 atom stereocenters. The summed E-state index contributed by atoms with van der Waals surface area (Å²) in [4.78, 5) is 12.2. The number of carbonyl (C=O) groups excluding carboxylic acids is 1. The standard InChI is InChI=1S/C21H23ClN4O3S/c1-3-26-20(17-6-4-5-7-18(17)28-2)24-25-21(26)30-14-19(27)23-12-13-29-16-10-8-15(22)9-11-16/h4-11H,3,12-14H2,1-2H3,(H,23,27). The number of rotatable bonds is 10. The molecule has 0 aliphatic heterocycles. The van der Waals surface area contributed by atoms with Crippen molar-refractivity contribution in [3.8, 4) is 22.9 Å². The van der Waals surface area contributed by atoms with E-state index in [0.717, 1.165) is 11.3 Å². The fourth-order valence-electron chi connectivity index (χ4n) is 2.78. The summed E-state index contributed by atoms with van der Waals surface area (Å²) in [5, 5.41) is 12.7. The van der Waals surface area contributed by atoms with Crippen molar-refractivity contribution in [2.75, 3.05) is 26.0 Å². The van der Waals surface area contributed by atoms with Crippen LogP contribution in [0.4, 0.5) is 0 Å². The predicted molar refractivity (Wildman–Crippen MR) is 118 cm³/mol. The lowest BCUT2D eigenvalue weighted by Crippen LogP contribution is -2.29. The van der Waals surface area contributed by atoms with Crippen LogP contribution in [-0.2, 0) is 11.3 Å². The van der Waals surface area contributed by atoms with Gasteiger partial charge in [0, 0.05) is 11.6 Å². The van der Waals surface area contributed by atoms with Crippen molar-refractivity contribution in [1.29, 1.82) is 0 Å². The van der Waals surface area contributed by atoms with Gasteiger partial charge in [0.05, 0.1) is 25.0 Å². The van der Waals surface area contributed by atoms with Gasteiger partial charge in [-0.1, -0.05) is 35.5 Å². The van der Waals surface area contributed by atoms with Crippen molar-refractivity contribution < 1.29 is 14.3 Å². The minimum absolute atomic E-state index is 0.0933. The van der Waals surface area contributed by atoms with E-state index in [4.69, 9.17) is 21.1 Å². The molecule has 0 saturated heterocycles. The fraction of sp³-hybridized carbons (Fsp3) is 0.286. The lowest BCUT2D eigenvalue weighted by Gasteiger charge is -2.10. The monoisotopic (exact) mass is 446 g/mol. The number of amides is 1. The summed E-state index contributed by atoms with van der Waals surface area (Å²) in [6.45, 7) is 3.48. The van der Waals surface area contributed by atoms with E-state index in [1.807, 2.05) is 35.8 Å². The number of para-hydroxylation sites is 1. The van der Waals surface area contributed by atoms with E-state index < -0.39 is 0 Å². The number of nitrogens with zero attached hydrogens (tertiary/aromatic N) is 3. The summed E-state index contributed by atoms with van der Waals surface area (Å²) in [5.41, 5.74) is 0.866. The maximum Gasteiger partial charge on any atom is 0.230 e. The van der Waals surface area contributed by atoms with E-state index in [9.17, 15) is 4.79 Å². The van der Waals surface area contributed by atoms with E-state index in [1.54, 1.807) is 31.4 Å². The van der Waals surface area contributed by atoms with Crippen LogP contribution in [0.25, 0.3) is 11.4 Å². The highest BCUT2D eigenvalue weighted by Gasteiger charge is 2.17. The molecule has 158 valence electrons. The number of halogens is 1. The van der Waals surface area contributed by atoms with Gasteiger partial charge in [0.15, 0.2) is 11.0 Å². The second-order valence-corrected chi connectivity index (χ2v) is 7.57. The van der Waals surface area contributed by atoms with Crippen LogP contribution in [-0.4, -0.2) is 46.7 Å². The number of carbonyl (C=O) groups is 1. The molecule has 0 unspecified atom stereocenters. The predicted octanol–water partition coefficient (Wildman–Crippen LogP) is 3.91. The van der Waals surface area contributed by atoms with Gasteiger partial charge < -0.3 is 19.4 Å². The minimum Gasteiger partial charge on any atom is -0.496 e. The number of nitrogens with one attached hydrogen (secondary N) is 1. The van der Waals surface area contributed by atoms with Crippen molar-refractivity contribution >= 4 is 29.3 Å². The fourth-order valence-corrected chi connectivity index (χ4v) is 3.74. The molecule has 7 nitrogen and oxygen atoms in total. The van der Waals surface area contributed by atoms with Gasteiger partial charge in [-0.2, -0.15) is 0 Å². The van der Waals surface area contributed by atoms with Crippen molar-refractivity contribution in [2.45, 2.75) is 18.6 Å². The molecule has 0 radical (unpaired) electrons. The summed E-state index contributed by atoms with van der Waals surface area (Å²) in [6.07, 6.45) is 0. The van der Waals surface area contributed by atoms with Gasteiger partial charge in [0.1, 0.15) is 18.1 Å². The zero-order chi connectivity index (χ0) is 21.3. The van der Waals surface area contributed by atoms with E-state index in [0.29, 0.717) is 41.4 Å². The molecule has 1 N–H and O–H groups in total. The highest BCUT2D eigenvalue weighted by molar-refractivity contribution is 7.99. The summed E-state index contributed by atoms with van der Waals surface area (Å²) in [5.74, 6) is 2.31. The van der Waals surface area contributed by atoms with Crippen LogP contribution in [0, 0.1) is 0 Å². The molecule has 0 spiro atoms. The SMILES string of the molecule is CCn1c(SCC(=O)NCCOc2ccc(Cl)cc2)nnc1-c1ccccc1OC. The van der Waals surface area contributed by atoms with Crippen molar-refractivity contribution in [2.24, 2.45) is 0 Å². The van der Waals surface area contributed by atoms with Gasteiger partial charge >= 0.3 is 0 Å². The smallest absolute Gasteiger partial charge is 0.230 e. The molecule has 0 aliphatic carbocycles. The number of benzene rings is 2. The molecule has 2 aromatic carbocycles. The first-order chi connectivity index (χ1) is 14.6. The third-order valence-electron chi connectivity index (χ3n) is 4.22. The Labute approximate surface area is 184 Å². The Kier molecular flexibility index (Phi) is 7.98. The van der Waals surface area contributed by atoms with Crippen molar-refractivity contribution in [3.63, 3.8) is 0 Å². The van der Waals surface area contributed by atoms with E-state index in [-0.39, 0.29) is 11.7 Å². The first-order valence-corrected chi connectivity index (χ1v) is 10.8. The number of methoxy groups -OCH3 is 1. The Hall–Kier alpha value is -2.71. The lowest BCUT2D eigenvalue weighted by molar-refractivity contribution is -0.118. The number of hydrogen-bond donors (Lipinski definition) is 1. The van der Waals surface area contributed by atoms with Crippen LogP contribution < -0.4 is 14.8 Å². The van der Waals surface area contributed by atoms with Crippen LogP contribution in [0.3, 0.4) is 0 Å². The van der Waals surface area contributed by atoms with Crippen molar-refractivity contribution in [3.05, 3.63) is 53.6 Å². The largest absolute Gasteiger partial charge is 0.496 e. The molecule has 30 heavy (non-hydrogen) atoms. The average molecular weight is 447 g/mol. The Balaban J connectivity index is 1.51. The number of ether oxygens (including phenoxy) is 2. The van der Waals surface area contributed by atoms with Crippen LogP contribution in [0.15, 0.2) is 53.7 Å².